The molecule has 1 aromatic carbocycles. The Morgan fingerprint density at radius 1 is 1.05 bits per heavy atom. The van der Waals surface area contributed by atoms with Crippen molar-refractivity contribution in [2.45, 2.75) is 0 Å². The van der Waals surface area contributed by atoms with Crippen LogP contribution in [0.15, 0.2) is 48.8 Å². The van der Waals surface area contributed by atoms with Gasteiger partial charge < -0.3 is 10.6 Å². The van der Waals surface area contributed by atoms with Gasteiger partial charge in [-0.05, 0) is 30.3 Å². The van der Waals surface area contributed by atoms with Crippen LogP contribution < -0.4 is 10.6 Å². The van der Waals surface area contributed by atoms with E-state index in [2.05, 4.69) is 25.8 Å². The Balaban J connectivity index is 1.69. The smallest absolute Gasteiger partial charge is 0.315 e. The van der Waals surface area contributed by atoms with E-state index in [9.17, 15) is 9.59 Å². The lowest BCUT2D eigenvalue weighted by molar-refractivity contribution is -0.133. The fourth-order valence-corrected chi connectivity index (χ4v) is 1.81. The molecule has 3 aromatic rings. The van der Waals surface area contributed by atoms with E-state index >= 15 is 0 Å². The quantitative estimate of drug-likeness (QED) is 0.620. The minimum Gasteiger partial charge on any atom is -0.318 e. The lowest BCUT2D eigenvalue weighted by atomic mass is 10.2. The number of aromatic nitrogens is 3. The van der Waals surface area contributed by atoms with Crippen LogP contribution in [-0.2, 0) is 9.59 Å². The maximum atomic E-state index is 11.8. The van der Waals surface area contributed by atoms with Gasteiger partial charge in [-0.15, -0.1) is 0 Å². The van der Waals surface area contributed by atoms with Crippen LogP contribution in [-0.4, -0.2) is 27.0 Å². The van der Waals surface area contributed by atoms with Crippen LogP contribution >= 0.6 is 0 Å². The highest BCUT2D eigenvalue weighted by atomic mass is 16.2. The summed E-state index contributed by atoms with van der Waals surface area (Å²) in [5.74, 6) is -1.22. The van der Waals surface area contributed by atoms with Crippen LogP contribution in [0.2, 0.25) is 0 Å². The van der Waals surface area contributed by atoms with Gasteiger partial charge in [-0.25, -0.2) is 4.98 Å². The predicted octanol–water partition coefficient (Wildman–Crippen LogP) is 1.54. The first kappa shape index (κ1) is 12.8. The molecule has 0 aliphatic rings. The van der Waals surface area contributed by atoms with Crippen LogP contribution in [0, 0.1) is 0 Å². The molecule has 0 saturated heterocycles. The molecular formula is C14H11N5O2. The maximum Gasteiger partial charge on any atom is 0.315 e. The number of amides is 2. The van der Waals surface area contributed by atoms with E-state index in [1.54, 1.807) is 42.6 Å². The van der Waals surface area contributed by atoms with Crippen LogP contribution in [0.1, 0.15) is 0 Å². The van der Waals surface area contributed by atoms with E-state index in [4.69, 9.17) is 0 Å². The second-order valence-electron chi connectivity index (χ2n) is 4.30. The molecule has 0 aliphatic carbocycles. The Hall–Kier alpha value is -3.22. The SMILES string of the molecule is O=C(Nc1ccc2cn[nH]c2c1)C(=O)Nc1ccccn1. The summed E-state index contributed by atoms with van der Waals surface area (Å²) in [5, 5.41) is 12.5. The van der Waals surface area contributed by atoms with Crippen molar-refractivity contribution in [2.24, 2.45) is 0 Å². The highest BCUT2D eigenvalue weighted by Gasteiger charge is 2.14. The molecule has 0 saturated carbocycles. The second kappa shape index (κ2) is 5.41. The van der Waals surface area contributed by atoms with Crippen molar-refractivity contribution < 1.29 is 9.59 Å². The fourth-order valence-electron chi connectivity index (χ4n) is 1.81. The summed E-state index contributed by atoms with van der Waals surface area (Å²) in [6, 6.07) is 10.2. The summed E-state index contributed by atoms with van der Waals surface area (Å²) in [6.45, 7) is 0. The molecule has 0 bridgehead atoms. The molecule has 7 nitrogen and oxygen atoms in total. The van der Waals surface area contributed by atoms with Gasteiger partial charge in [0.15, 0.2) is 0 Å². The Morgan fingerprint density at radius 3 is 2.71 bits per heavy atom. The number of hydrogen-bond donors (Lipinski definition) is 3. The zero-order chi connectivity index (χ0) is 14.7. The summed E-state index contributed by atoms with van der Waals surface area (Å²) < 4.78 is 0. The van der Waals surface area contributed by atoms with Crippen molar-refractivity contribution in [3.05, 3.63) is 48.8 Å². The van der Waals surface area contributed by atoms with Gasteiger partial charge in [0.25, 0.3) is 0 Å². The maximum absolute atomic E-state index is 11.8. The topological polar surface area (TPSA) is 99.8 Å². The molecule has 2 heterocycles. The van der Waals surface area contributed by atoms with Gasteiger partial charge >= 0.3 is 11.8 Å². The number of nitrogens with one attached hydrogen (secondary N) is 3. The molecule has 2 amide bonds. The third kappa shape index (κ3) is 2.86. The summed E-state index contributed by atoms with van der Waals surface area (Å²) in [6.07, 6.45) is 3.20. The Morgan fingerprint density at radius 2 is 1.90 bits per heavy atom. The predicted molar refractivity (Wildman–Crippen MR) is 77.6 cm³/mol. The number of H-pyrrole nitrogens is 1. The molecule has 0 fully saturated rings. The minimum absolute atomic E-state index is 0.321. The number of rotatable bonds is 2. The Kier molecular flexibility index (Phi) is 3.30. The fraction of sp³-hybridized carbons (Fsp3) is 0. The first-order chi connectivity index (χ1) is 10.2. The number of hydrogen-bond acceptors (Lipinski definition) is 4. The van der Waals surface area contributed by atoms with Crippen LogP contribution in [0.5, 0.6) is 0 Å². The van der Waals surface area contributed by atoms with Crippen molar-refractivity contribution in [1.29, 1.82) is 0 Å². The molecule has 3 N–H and O–H groups in total. The zero-order valence-electron chi connectivity index (χ0n) is 10.8. The van der Waals surface area contributed by atoms with Crippen molar-refractivity contribution in [3.8, 4) is 0 Å². The van der Waals surface area contributed by atoms with E-state index in [1.807, 2.05) is 0 Å². The second-order valence-corrected chi connectivity index (χ2v) is 4.30. The molecule has 0 radical (unpaired) electrons. The molecule has 2 aromatic heterocycles. The largest absolute Gasteiger partial charge is 0.318 e. The van der Waals surface area contributed by atoms with Gasteiger partial charge in [0.2, 0.25) is 0 Å². The third-order valence-electron chi connectivity index (χ3n) is 2.81. The van der Waals surface area contributed by atoms with Gasteiger partial charge in [0.05, 0.1) is 11.7 Å². The lowest BCUT2D eigenvalue weighted by Gasteiger charge is -2.05. The average Bonchev–Trinajstić information content (AvgIpc) is 2.95. The number of aromatic amines is 1. The van der Waals surface area contributed by atoms with Crippen LogP contribution in [0.3, 0.4) is 0 Å². The molecule has 7 heteroatoms. The molecule has 0 atom stereocenters. The van der Waals surface area contributed by atoms with Crippen molar-refractivity contribution in [1.82, 2.24) is 15.2 Å². The monoisotopic (exact) mass is 281 g/mol. The van der Waals surface area contributed by atoms with Crippen LogP contribution in [0.4, 0.5) is 11.5 Å². The Labute approximate surface area is 119 Å². The molecule has 104 valence electrons. The highest BCUT2D eigenvalue weighted by Crippen LogP contribution is 2.16. The first-order valence-electron chi connectivity index (χ1n) is 6.19. The van der Waals surface area contributed by atoms with E-state index < -0.39 is 11.8 Å². The van der Waals surface area contributed by atoms with Crippen molar-refractivity contribution in [2.75, 3.05) is 10.6 Å². The molecule has 0 aliphatic heterocycles. The normalized spacial score (nSPS) is 10.3. The van der Waals surface area contributed by atoms with E-state index in [-0.39, 0.29) is 0 Å². The summed E-state index contributed by atoms with van der Waals surface area (Å²) in [7, 11) is 0. The first-order valence-corrected chi connectivity index (χ1v) is 6.19. The number of carbonyl (C=O) groups is 2. The van der Waals surface area contributed by atoms with E-state index in [1.165, 1.54) is 6.20 Å². The number of fused-ring (bicyclic) bond motifs is 1. The molecule has 21 heavy (non-hydrogen) atoms. The summed E-state index contributed by atoms with van der Waals surface area (Å²) in [4.78, 5) is 27.5. The highest BCUT2D eigenvalue weighted by molar-refractivity contribution is 6.43. The van der Waals surface area contributed by atoms with E-state index in [0.717, 1.165) is 10.9 Å². The summed E-state index contributed by atoms with van der Waals surface area (Å²) in [5.41, 5.74) is 1.28. The van der Waals surface area contributed by atoms with Gasteiger partial charge in [-0.1, -0.05) is 6.07 Å². The van der Waals surface area contributed by atoms with Gasteiger partial charge in [0, 0.05) is 17.3 Å². The van der Waals surface area contributed by atoms with Crippen molar-refractivity contribution >= 4 is 34.2 Å². The molecular weight excluding hydrogens is 270 g/mol. The zero-order valence-corrected chi connectivity index (χ0v) is 10.8. The Bertz CT molecular complexity index is 797. The minimum atomic E-state index is -0.779. The van der Waals surface area contributed by atoms with Gasteiger partial charge in [-0.3, -0.25) is 14.7 Å². The van der Waals surface area contributed by atoms with Gasteiger partial charge in [-0.2, -0.15) is 5.10 Å². The summed E-state index contributed by atoms with van der Waals surface area (Å²) >= 11 is 0. The van der Waals surface area contributed by atoms with E-state index in [0.29, 0.717) is 11.5 Å². The molecule has 3 rings (SSSR count). The number of nitrogens with zero attached hydrogens (tertiary/aromatic N) is 2. The van der Waals surface area contributed by atoms with Gasteiger partial charge in [0.1, 0.15) is 5.82 Å². The molecule has 0 spiro atoms. The number of carbonyl (C=O) groups excluding carboxylic acids is 2. The average molecular weight is 281 g/mol. The standard InChI is InChI=1S/C14H11N5O2/c20-13(14(21)18-12-3-1-2-6-15-12)17-10-5-4-9-8-16-19-11(9)7-10/h1-8H,(H,16,19)(H,17,20)(H,15,18,21). The van der Waals surface area contributed by atoms with Crippen molar-refractivity contribution in [3.63, 3.8) is 0 Å². The number of pyridine rings is 1. The third-order valence-corrected chi connectivity index (χ3v) is 2.81. The van der Waals surface area contributed by atoms with Crippen LogP contribution in [0.25, 0.3) is 10.9 Å². The number of anilines is 2. The number of benzene rings is 1. The lowest BCUT2D eigenvalue weighted by Crippen LogP contribution is -2.29. The molecule has 0 unspecified atom stereocenters.